The summed E-state index contributed by atoms with van der Waals surface area (Å²) >= 11 is 0. The Kier molecular flexibility index (Phi) is 8.83. The minimum absolute atomic E-state index is 0.852. The maximum Gasteiger partial charge on any atom is 0.143 e. The smallest absolute Gasteiger partial charge is 0.143 e. The van der Waals surface area contributed by atoms with Crippen LogP contribution in [0.5, 0.6) is 0 Å². The second-order valence-electron chi connectivity index (χ2n) is 16.0. The van der Waals surface area contributed by atoms with E-state index in [0.29, 0.717) is 0 Å². The molecule has 0 aliphatic heterocycles. The molecule has 12 aromatic rings. The number of rotatable bonds is 8. The predicted octanol–water partition coefficient (Wildman–Crippen LogP) is 17.3. The molecule has 10 aromatic carbocycles. The lowest BCUT2D eigenvalue weighted by Crippen LogP contribution is -2.09. The van der Waals surface area contributed by atoms with Crippen molar-refractivity contribution in [2.24, 2.45) is 0 Å². The Balaban J connectivity index is 0.952. The van der Waals surface area contributed by atoms with Crippen LogP contribution >= 0.6 is 0 Å². The molecule has 63 heavy (non-hydrogen) atoms. The molecule has 0 spiro atoms. The van der Waals surface area contributed by atoms with E-state index in [2.05, 4.69) is 217 Å². The molecule has 0 bridgehead atoms. The Morgan fingerprint density at radius 3 is 1.24 bits per heavy atom. The van der Waals surface area contributed by atoms with Crippen molar-refractivity contribution in [3.63, 3.8) is 0 Å². The van der Waals surface area contributed by atoms with Crippen LogP contribution in [0.15, 0.2) is 245 Å². The van der Waals surface area contributed by atoms with E-state index in [0.717, 1.165) is 77.6 Å². The van der Waals surface area contributed by atoms with Crippen molar-refractivity contribution in [3.05, 3.63) is 237 Å². The molecule has 0 atom stereocenters. The van der Waals surface area contributed by atoms with Crippen LogP contribution in [0, 0.1) is 0 Å². The molecule has 0 radical (unpaired) electrons. The molecule has 0 aliphatic carbocycles. The van der Waals surface area contributed by atoms with Gasteiger partial charge in [0.2, 0.25) is 0 Å². The van der Waals surface area contributed by atoms with Gasteiger partial charge in [0.05, 0.1) is 0 Å². The second kappa shape index (κ2) is 15.3. The predicted molar refractivity (Wildman–Crippen MR) is 263 cm³/mol. The van der Waals surface area contributed by atoms with Crippen molar-refractivity contribution < 1.29 is 8.83 Å². The van der Waals surface area contributed by atoms with Crippen LogP contribution in [0.1, 0.15) is 0 Å². The van der Waals surface area contributed by atoms with Gasteiger partial charge in [0.1, 0.15) is 22.3 Å². The fourth-order valence-electron chi connectivity index (χ4n) is 9.37. The number of para-hydroxylation sites is 3. The fourth-order valence-corrected chi connectivity index (χ4v) is 9.37. The van der Waals surface area contributed by atoms with Gasteiger partial charge in [-0.05, 0) is 98.6 Å². The summed E-state index contributed by atoms with van der Waals surface area (Å²) in [7, 11) is 0. The number of hydrogen-bond acceptors (Lipinski definition) is 3. The number of benzene rings is 10. The van der Waals surface area contributed by atoms with Crippen molar-refractivity contribution in [2.75, 3.05) is 4.90 Å². The lowest BCUT2D eigenvalue weighted by atomic mass is 9.87. The van der Waals surface area contributed by atoms with E-state index in [1.165, 1.54) is 38.9 Å². The van der Waals surface area contributed by atoms with E-state index in [-0.39, 0.29) is 0 Å². The second-order valence-corrected chi connectivity index (χ2v) is 16.0. The van der Waals surface area contributed by atoms with E-state index in [9.17, 15) is 0 Å². The number of anilines is 3. The SMILES string of the molecule is c1ccc(-c2ccccc2-c2ccccc2-c2ccccc2-c2ccc(N(c3ccc(-c4cccc5c4oc4ccccc45)cc3)c3ccc4c(c3)oc3ccccc34)cc2)cc1. The molecule has 3 nitrogen and oxygen atoms in total. The van der Waals surface area contributed by atoms with E-state index in [1.807, 2.05) is 24.3 Å². The minimum Gasteiger partial charge on any atom is -0.456 e. The molecular weight excluding hydrogens is 767 g/mol. The highest BCUT2D eigenvalue weighted by Gasteiger charge is 2.19. The largest absolute Gasteiger partial charge is 0.456 e. The summed E-state index contributed by atoms with van der Waals surface area (Å²) in [5, 5.41) is 4.46. The van der Waals surface area contributed by atoms with E-state index in [1.54, 1.807) is 0 Å². The fraction of sp³-hybridized carbons (Fsp3) is 0. The van der Waals surface area contributed by atoms with Gasteiger partial charge in [-0.1, -0.05) is 182 Å². The van der Waals surface area contributed by atoms with Crippen LogP contribution in [-0.4, -0.2) is 0 Å². The zero-order valence-corrected chi connectivity index (χ0v) is 34.3. The van der Waals surface area contributed by atoms with E-state index >= 15 is 0 Å². The van der Waals surface area contributed by atoms with E-state index < -0.39 is 0 Å². The molecule has 2 heterocycles. The maximum absolute atomic E-state index is 6.44. The molecule has 296 valence electrons. The highest BCUT2D eigenvalue weighted by atomic mass is 16.3. The van der Waals surface area contributed by atoms with Crippen LogP contribution in [0.25, 0.3) is 99.5 Å². The van der Waals surface area contributed by atoms with Crippen molar-refractivity contribution in [1.29, 1.82) is 0 Å². The van der Waals surface area contributed by atoms with Crippen molar-refractivity contribution in [1.82, 2.24) is 0 Å². The standard InChI is InChI=1S/C60H39NO2/c1-2-15-40(16-3-1)46-17-4-6-19-49(46)51-21-8-9-22-52(51)50-20-7-5-18-47(50)41-29-33-43(34-30-41)61(45-37-38-55-53-23-10-12-27-57(53)62-59(55)39-45)44-35-31-42(32-36-44)48-25-14-26-56-54-24-11-13-28-58(54)63-60(48)56/h1-39H. The number of nitrogens with zero attached hydrogens (tertiary/aromatic N) is 1. The summed E-state index contributed by atoms with van der Waals surface area (Å²) in [5.74, 6) is 0. The third-order valence-electron chi connectivity index (χ3n) is 12.3. The summed E-state index contributed by atoms with van der Waals surface area (Å²) < 4.78 is 12.9. The van der Waals surface area contributed by atoms with Crippen LogP contribution in [-0.2, 0) is 0 Å². The van der Waals surface area contributed by atoms with E-state index in [4.69, 9.17) is 8.83 Å². The zero-order chi connectivity index (χ0) is 41.7. The maximum atomic E-state index is 6.44. The Hall–Kier alpha value is -8.40. The molecule has 2 aromatic heterocycles. The first-order valence-corrected chi connectivity index (χ1v) is 21.4. The van der Waals surface area contributed by atoms with Gasteiger partial charge in [0.25, 0.3) is 0 Å². The lowest BCUT2D eigenvalue weighted by Gasteiger charge is -2.26. The van der Waals surface area contributed by atoms with Crippen LogP contribution in [0.3, 0.4) is 0 Å². The third-order valence-corrected chi connectivity index (χ3v) is 12.3. The summed E-state index contributed by atoms with van der Waals surface area (Å²) in [4.78, 5) is 2.31. The van der Waals surface area contributed by atoms with Crippen LogP contribution < -0.4 is 4.90 Å². The van der Waals surface area contributed by atoms with Gasteiger partial charge in [-0.2, -0.15) is 0 Å². The molecule has 0 unspecified atom stereocenters. The molecule has 0 fully saturated rings. The molecule has 0 saturated carbocycles. The molecule has 3 heteroatoms. The first-order chi connectivity index (χ1) is 31.2. The Morgan fingerprint density at radius 1 is 0.238 bits per heavy atom. The van der Waals surface area contributed by atoms with Crippen molar-refractivity contribution in [2.45, 2.75) is 0 Å². The first-order valence-electron chi connectivity index (χ1n) is 21.4. The quantitative estimate of drug-likeness (QED) is 0.153. The number of furan rings is 2. The van der Waals surface area contributed by atoms with Gasteiger partial charge in [-0.15, -0.1) is 0 Å². The molecule has 0 N–H and O–H groups in total. The van der Waals surface area contributed by atoms with Gasteiger partial charge >= 0.3 is 0 Å². The van der Waals surface area contributed by atoms with Crippen LogP contribution in [0.2, 0.25) is 0 Å². The average molecular weight is 806 g/mol. The molecular formula is C60H39NO2. The third kappa shape index (κ3) is 6.38. The minimum atomic E-state index is 0.852. The summed E-state index contributed by atoms with van der Waals surface area (Å²) in [6, 6.07) is 84.1. The highest BCUT2D eigenvalue weighted by molar-refractivity contribution is 6.10. The molecule has 0 amide bonds. The number of hydrogen-bond donors (Lipinski definition) is 0. The monoisotopic (exact) mass is 805 g/mol. The first kappa shape index (κ1) is 36.5. The van der Waals surface area contributed by atoms with Crippen molar-refractivity contribution in [3.8, 4) is 55.6 Å². The van der Waals surface area contributed by atoms with Crippen LogP contribution in [0.4, 0.5) is 17.1 Å². The van der Waals surface area contributed by atoms with Gasteiger partial charge in [-0.25, -0.2) is 0 Å². The van der Waals surface area contributed by atoms with Gasteiger partial charge in [0.15, 0.2) is 0 Å². The molecule has 12 rings (SSSR count). The normalized spacial score (nSPS) is 11.5. The van der Waals surface area contributed by atoms with Gasteiger partial charge < -0.3 is 13.7 Å². The Morgan fingerprint density at radius 2 is 0.635 bits per heavy atom. The topological polar surface area (TPSA) is 29.5 Å². The summed E-state index contributed by atoms with van der Waals surface area (Å²) in [5.41, 5.74) is 18.3. The number of fused-ring (bicyclic) bond motifs is 6. The van der Waals surface area contributed by atoms with Gasteiger partial charge in [-0.3, -0.25) is 0 Å². The van der Waals surface area contributed by atoms with Crippen molar-refractivity contribution >= 4 is 60.9 Å². The zero-order valence-electron chi connectivity index (χ0n) is 34.3. The Labute approximate surface area is 365 Å². The summed E-state index contributed by atoms with van der Waals surface area (Å²) in [6.45, 7) is 0. The lowest BCUT2D eigenvalue weighted by molar-refractivity contribution is 0.669. The Bertz CT molecular complexity index is 3620. The highest BCUT2D eigenvalue weighted by Crippen LogP contribution is 2.44. The summed E-state index contributed by atoms with van der Waals surface area (Å²) in [6.07, 6.45) is 0. The molecule has 0 saturated heterocycles. The van der Waals surface area contributed by atoms with Gasteiger partial charge in [0, 0.05) is 50.2 Å². The average Bonchev–Trinajstić information content (AvgIpc) is 3.93. The molecule has 0 aliphatic rings.